The molecular weight excluding hydrogens is 231 g/mol. The molecule has 0 rings (SSSR count). The summed E-state index contributed by atoms with van der Waals surface area (Å²) in [6.07, 6.45) is -13.9. The molecule has 0 fully saturated rings. The van der Waals surface area contributed by atoms with Gasteiger partial charge in [0.25, 0.3) is 0 Å². The van der Waals surface area contributed by atoms with Crippen LogP contribution in [0.1, 0.15) is 0 Å². The quantitative estimate of drug-likeness (QED) is 0.606. The van der Waals surface area contributed by atoms with E-state index in [0.717, 1.165) is 0 Å². The Morgan fingerprint density at radius 3 is 1.36 bits per heavy atom. The summed E-state index contributed by atoms with van der Waals surface area (Å²) in [5.74, 6) is -9.33. The summed E-state index contributed by atoms with van der Waals surface area (Å²) in [4.78, 5) is 0. The molecule has 0 spiro atoms. The van der Waals surface area contributed by atoms with E-state index in [1.165, 1.54) is 0 Å². The molecule has 0 aliphatic carbocycles. The maximum absolute atomic E-state index is 11.8. The molecule has 0 aromatic rings. The van der Waals surface area contributed by atoms with E-state index >= 15 is 0 Å². The molecule has 0 nitrogen and oxygen atoms in total. The molecule has 0 bridgehead atoms. The van der Waals surface area contributed by atoms with Gasteiger partial charge in [0.15, 0.2) is 0 Å². The van der Waals surface area contributed by atoms with Crippen LogP contribution < -0.4 is 0 Å². The van der Waals surface area contributed by atoms with Crippen molar-refractivity contribution in [1.29, 1.82) is 0 Å². The Labute approximate surface area is 71.0 Å². The first-order valence-electron chi connectivity index (χ1n) is 2.78. The highest BCUT2D eigenvalue weighted by molar-refractivity contribution is 5.08. The normalized spacial score (nSPS) is 15.9. The smallest absolute Gasteiger partial charge is 0.202 e. The summed E-state index contributed by atoms with van der Waals surface area (Å²) in [6, 6.07) is 0. The van der Waals surface area contributed by atoms with E-state index in [-0.39, 0.29) is 0 Å². The molecule has 84 valence electrons. The second-order valence-electron chi connectivity index (χ2n) is 2.11. The van der Waals surface area contributed by atoms with E-state index in [4.69, 9.17) is 0 Å². The van der Waals surface area contributed by atoms with Gasteiger partial charge in [-0.15, -0.1) is 0 Å². The molecule has 0 aromatic carbocycles. The van der Waals surface area contributed by atoms with Gasteiger partial charge in [-0.2, -0.15) is 35.1 Å². The first-order valence-corrected chi connectivity index (χ1v) is 2.78. The van der Waals surface area contributed by atoms with Crippen LogP contribution in [-0.2, 0) is 0 Å². The lowest BCUT2D eigenvalue weighted by Gasteiger charge is -2.16. The van der Waals surface area contributed by atoms with Gasteiger partial charge in [0.2, 0.25) is 5.83 Å². The molecule has 0 aromatic heterocycles. The van der Waals surface area contributed by atoms with Gasteiger partial charge in [0, 0.05) is 6.08 Å². The standard InChI is InChI=1S/C5HF9/c6-2(4(9,10)11)1-3(7,8)5(12,13)14/h1H. The van der Waals surface area contributed by atoms with E-state index in [9.17, 15) is 39.5 Å². The zero-order valence-electron chi connectivity index (χ0n) is 5.98. The van der Waals surface area contributed by atoms with Crippen molar-refractivity contribution in [2.24, 2.45) is 0 Å². The highest BCUT2D eigenvalue weighted by atomic mass is 19.4. The molecule has 0 saturated carbocycles. The van der Waals surface area contributed by atoms with Crippen LogP contribution in [0.3, 0.4) is 0 Å². The van der Waals surface area contributed by atoms with Crippen LogP contribution in [0.2, 0.25) is 0 Å². The van der Waals surface area contributed by atoms with Crippen LogP contribution in [-0.4, -0.2) is 18.3 Å². The number of hydrogen-bond acceptors (Lipinski definition) is 0. The molecule has 9 heteroatoms. The fourth-order valence-corrected chi connectivity index (χ4v) is 0.323. The topological polar surface area (TPSA) is 0 Å². The van der Waals surface area contributed by atoms with Crippen molar-refractivity contribution in [3.05, 3.63) is 11.9 Å². The average Bonchev–Trinajstić information content (AvgIpc) is 1.80. The second-order valence-corrected chi connectivity index (χ2v) is 2.11. The lowest BCUT2D eigenvalue weighted by molar-refractivity contribution is -0.260. The van der Waals surface area contributed by atoms with Crippen molar-refractivity contribution in [2.45, 2.75) is 18.3 Å². The Kier molecular flexibility index (Phi) is 3.14. The molecule has 0 amide bonds. The summed E-state index contributed by atoms with van der Waals surface area (Å²) in [6.45, 7) is 0. The average molecular weight is 232 g/mol. The van der Waals surface area contributed by atoms with Crippen molar-refractivity contribution >= 4 is 0 Å². The maximum atomic E-state index is 11.8. The van der Waals surface area contributed by atoms with Gasteiger partial charge in [0.05, 0.1) is 0 Å². The van der Waals surface area contributed by atoms with Gasteiger partial charge >= 0.3 is 18.3 Å². The zero-order valence-corrected chi connectivity index (χ0v) is 5.98. The number of allylic oxidation sites excluding steroid dienone is 2. The van der Waals surface area contributed by atoms with Gasteiger partial charge in [-0.05, 0) is 0 Å². The van der Waals surface area contributed by atoms with Crippen LogP contribution >= 0.6 is 0 Å². The van der Waals surface area contributed by atoms with Crippen molar-refractivity contribution in [3.63, 3.8) is 0 Å². The minimum atomic E-state index is -6.25. The fourth-order valence-electron chi connectivity index (χ4n) is 0.323. The largest absolute Gasteiger partial charge is 0.457 e. The molecule has 0 radical (unpaired) electrons. The lowest BCUT2D eigenvalue weighted by atomic mass is 10.3. The highest BCUT2D eigenvalue weighted by Gasteiger charge is 2.57. The van der Waals surface area contributed by atoms with Crippen LogP contribution in [0.25, 0.3) is 0 Å². The number of halogens is 9. The predicted octanol–water partition coefficient (Wildman–Crippen LogP) is 3.60. The number of hydrogen-bond donors (Lipinski definition) is 0. The van der Waals surface area contributed by atoms with Gasteiger partial charge in [-0.3, -0.25) is 0 Å². The molecule has 0 aliphatic rings. The first kappa shape index (κ1) is 13.1. The van der Waals surface area contributed by atoms with Crippen molar-refractivity contribution in [1.82, 2.24) is 0 Å². The summed E-state index contributed by atoms with van der Waals surface area (Å²) >= 11 is 0. The molecule has 0 N–H and O–H groups in total. The molecule has 14 heavy (non-hydrogen) atoms. The van der Waals surface area contributed by atoms with Gasteiger partial charge in [0.1, 0.15) is 0 Å². The third kappa shape index (κ3) is 3.11. The Balaban J connectivity index is 5.00. The summed E-state index contributed by atoms with van der Waals surface area (Å²) < 4.78 is 103. The van der Waals surface area contributed by atoms with Crippen molar-refractivity contribution in [2.75, 3.05) is 0 Å². The third-order valence-corrected chi connectivity index (χ3v) is 0.957. The summed E-state index contributed by atoms with van der Waals surface area (Å²) in [5, 5.41) is 0. The van der Waals surface area contributed by atoms with E-state index < -0.39 is 30.2 Å². The third-order valence-electron chi connectivity index (χ3n) is 0.957. The van der Waals surface area contributed by atoms with Gasteiger partial charge in [-0.25, -0.2) is 4.39 Å². The SMILES string of the molecule is FC(=CC(F)(F)C(F)(F)F)C(F)(F)F. The first-order chi connectivity index (χ1) is 5.88. The van der Waals surface area contributed by atoms with Crippen LogP contribution in [0.15, 0.2) is 11.9 Å². The molecule has 0 unspecified atom stereocenters. The Morgan fingerprint density at radius 1 is 0.786 bits per heavy atom. The van der Waals surface area contributed by atoms with Gasteiger partial charge < -0.3 is 0 Å². The summed E-state index contributed by atoms with van der Waals surface area (Å²) in [7, 11) is 0. The van der Waals surface area contributed by atoms with E-state index in [1.54, 1.807) is 0 Å². The number of rotatable bonds is 1. The molecule has 0 saturated heterocycles. The lowest BCUT2D eigenvalue weighted by Crippen LogP contribution is -2.35. The molecule has 0 aliphatic heterocycles. The fraction of sp³-hybridized carbons (Fsp3) is 0.600. The second kappa shape index (κ2) is 3.35. The number of alkyl halides is 8. The monoisotopic (exact) mass is 232 g/mol. The van der Waals surface area contributed by atoms with E-state index in [0.29, 0.717) is 0 Å². The molecule has 0 atom stereocenters. The minimum Gasteiger partial charge on any atom is -0.202 e. The predicted molar refractivity (Wildman–Crippen MR) is 26.2 cm³/mol. The van der Waals surface area contributed by atoms with E-state index in [2.05, 4.69) is 0 Å². The van der Waals surface area contributed by atoms with Crippen molar-refractivity contribution in [3.8, 4) is 0 Å². The van der Waals surface area contributed by atoms with Gasteiger partial charge in [-0.1, -0.05) is 0 Å². The summed E-state index contributed by atoms with van der Waals surface area (Å²) in [5.41, 5.74) is 0. The zero-order chi connectivity index (χ0) is 11.8. The van der Waals surface area contributed by atoms with Crippen molar-refractivity contribution < 1.29 is 39.5 Å². The van der Waals surface area contributed by atoms with Crippen LogP contribution in [0.4, 0.5) is 39.5 Å². The highest BCUT2D eigenvalue weighted by Crippen LogP contribution is 2.39. The molecular formula is C5HF9. The maximum Gasteiger partial charge on any atom is 0.457 e. The van der Waals surface area contributed by atoms with E-state index in [1.807, 2.05) is 0 Å². The Hall–Kier alpha value is -0.890. The Bertz CT molecular complexity index is 229. The van der Waals surface area contributed by atoms with Crippen LogP contribution in [0, 0.1) is 0 Å². The van der Waals surface area contributed by atoms with Crippen LogP contribution in [0.5, 0.6) is 0 Å². The Morgan fingerprint density at radius 2 is 1.14 bits per heavy atom. The minimum absolute atomic E-state index is 1.81. The molecule has 0 heterocycles.